The lowest BCUT2D eigenvalue weighted by Crippen LogP contribution is -2.29. The largest absolute Gasteiger partial charge is 0.450 e. The van der Waals surface area contributed by atoms with E-state index < -0.39 is 6.04 Å². The number of hydrogen-bond acceptors (Lipinski definition) is 5. The third-order valence-corrected chi connectivity index (χ3v) is 7.87. The molecule has 1 atom stereocenters. The predicted octanol–water partition coefficient (Wildman–Crippen LogP) is 6.53. The van der Waals surface area contributed by atoms with Crippen LogP contribution >= 0.6 is 11.3 Å². The minimum Gasteiger partial charge on any atom is -0.450 e. The van der Waals surface area contributed by atoms with Crippen LogP contribution in [0.5, 0.6) is 0 Å². The van der Waals surface area contributed by atoms with Crippen LogP contribution in [0.1, 0.15) is 75.8 Å². The third-order valence-electron chi connectivity index (χ3n) is 6.80. The molecule has 1 unspecified atom stereocenters. The van der Waals surface area contributed by atoms with Gasteiger partial charge in [-0.1, -0.05) is 45.0 Å². The molecule has 1 amide bonds. The molecule has 4 aromatic rings. The van der Waals surface area contributed by atoms with Crippen molar-refractivity contribution >= 4 is 33.3 Å². The van der Waals surface area contributed by atoms with E-state index in [-0.39, 0.29) is 22.5 Å². The lowest BCUT2D eigenvalue weighted by molar-refractivity contribution is 0.0971. The van der Waals surface area contributed by atoms with Crippen molar-refractivity contribution in [3.63, 3.8) is 0 Å². The zero-order chi connectivity index (χ0) is 24.5. The van der Waals surface area contributed by atoms with Gasteiger partial charge in [-0.05, 0) is 67.5 Å². The second-order valence-electron chi connectivity index (χ2n) is 10.2. The molecule has 1 aliphatic rings. The minimum absolute atomic E-state index is 0.00420. The second-order valence-corrected chi connectivity index (χ2v) is 11.4. The SMILES string of the molecule is Cc1cc2oc3c(c(=O)c2cc1C)C(c1ccc(C(C)(C)C)cc1)N(c1nc(C)c(C)s1)C3=O. The first-order valence-corrected chi connectivity index (χ1v) is 12.2. The summed E-state index contributed by atoms with van der Waals surface area (Å²) in [5.74, 6) is -0.220. The smallest absolute Gasteiger partial charge is 0.297 e. The van der Waals surface area contributed by atoms with Gasteiger partial charge in [-0.25, -0.2) is 4.98 Å². The molecule has 3 heterocycles. The first-order chi connectivity index (χ1) is 16.0. The van der Waals surface area contributed by atoms with E-state index >= 15 is 0 Å². The molecule has 1 aliphatic heterocycles. The molecular weight excluding hydrogens is 444 g/mol. The van der Waals surface area contributed by atoms with E-state index in [2.05, 4.69) is 37.9 Å². The summed E-state index contributed by atoms with van der Waals surface area (Å²) < 4.78 is 6.14. The molecule has 5 rings (SSSR count). The lowest BCUT2D eigenvalue weighted by Gasteiger charge is -2.24. The van der Waals surface area contributed by atoms with Crippen LogP contribution in [0.15, 0.2) is 45.6 Å². The monoisotopic (exact) mass is 472 g/mol. The number of nitrogens with zero attached hydrogens (tertiary/aromatic N) is 2. The fourth-order valence-electron chi connectivity index (χ4n) is 4.46. The van der Waals surface area contributed by atoms with Crippen molar-refractivity contribution in [2.45, 2.75) is 59.9 Å². The van der Waals surface area contributed by atoms with E-state index in [1.54, 1.807) is 4.90 Å². The van der Waals surface area contributed by atoms with Crippen molar-refractivity contribution < 1.29 is 9.21 Å². The number of aryl methyl sites for hydroxylation is 4. The summed E-state index contributed by atoms with van der Waals surface area (Å²) in [5.41, 5.74) is 5.61. The molecule has 5 nitrogen and oxygen atoms in total. The van der Waals surface area contributed by atoms with Crippen molar-refractivity contribution in [2.24, 2.45) is 0 Å². The molecule has 2 aromatic heterocycles. The van der Waals surface area contributed by atoms with Crippen LogP contribution in [0.3, 0.4) is 0 Å². The van der Waals surface area contributed by atoms with Crippen molar-refractivity contribution in [1.82, 2.24) is 4.98 Å². The lowest BCUT2D eigenvalue weighted by atomic mass is 9.86. The molecule has 0 fully saturated rings. The van der Waals surface area contributed by atoms with Crippen LogP contribution < -0.4 is 10.3 Å². The normalized spacial score (nSPS) is 15.9. The average Bonchev–Trinajstić information content (AvgIpc) is 3.25. The van der Waals surface area contributed by atoms with E-state index in [1.165, 1.54) is 16.9 Å². The number of hydrogen-bond donors (Lipinski definition) is 0. The Bertz CT molecular complexity index is 1500. The minimum atomic E-state index is -0.594. The average molecular weight is 473 g/mol. The predicted molar refractivity (Wildman–Crippen MR) is 137 cm³/mol. The molecule has 0 radical (unpaired) electrons. The molecule has 174 valence electrons. The fraction of sp³-hybridized carbons (Fsp3) is 0.321. The Morgan fingerprint density at radius 1 is 0.971 bits per heavy atom. The first-order valence-electron chi connectivity index (χ1n) is 11.4. The van der Waals surface area contributed by atoms with Gasteiger partial charge >= 0.3 is 0 Å². The molecular formula is C28H28N2O3S. The molecule has 6 heteroatoms. The Kier molecular flexibility index (Phi) is 5.06. The molecule has 34 heavy (non-hydrogen) atoms. The number of carbonyl (C=O) groups is 1. The van der Waals surface area contributed by atoms with Crippen molar-refractivity contribution in [2.75, 3.05) is 4.90 Å². The van der Waals surface area contributed by atoms with Gasteiger partial charge in [0.2, 0.25) is 5.76 Å². The van der Waals surface area contributed by atoms with Crippen LogP contribution in [0.4, 0.5) is 5.13 Å². The number of benzene rings is 2. The summed E-state index contributed by atoms with van der Waals surface area (Å²) in [4.78, 5) is 34.9. The molecule has 0 aliphatic carbocycles. The van der Waals surface area contributed by atoms with Gasteiger partial charge in [0.1, 0.15) is 5.58 Å². The Balaban J connectivity index is 1.79. The van der Waals surface area contributed by atoms with E-state index in [1.807, 2.05) is 52.0 Å². The maximum Gasteiger partial charge on any atom is 0.297 e. The van der Waals surface area contributed by atoms with Gasteiger partial charge in [0, 0.05) is 4.88 Å². The van der Waals surface area contributed by atoms with Gasteiger partial charge in [0.05, 0.1) is 22.7 Å². The van der Waals surface area contributed by atoms with Gasteiger partial charge in [-0.15, -0.1) is 11.3 Å². The molecule has 0 saturated heterocycles. The number of carbonyl (C=O) groups excluding carboxylic acids is 1. The topological polar surface area (TPSA) is 63.4 Å². The number of fused-ring (bicyclic) bond motifs is 2. The van der Waals surface area contributed by atoms with Crippen LogP contribution in [0.25, 0.3) is 11.0 Å². The van der Waals surface area contributed by atoms with Gasteiger partial charge in [0.15, 0.2) is 10.6 Å². The van der Waals surface area contributed by atoms with Crippen LogP contribution in [0.2, 0.25) is 0 Å². The van der Waals surface area contributed by atoms with Crippen LogP contribution in [-0.4, -0.2) is 10.9 Å². The number of anilines is 1. The van der Waals surface area contributed by atoms with E-state index in [4.69, 9.17) is 4.42 Å². The number of thiazole rings is 1. The van der Waals surface area contributed by atoms with Crippen molar-refractivity contribution in [3.05, 3.63) is 90.8 Å². The molecule has 0 saturated carbocycles. The summed E-state index contributed by atoms with van der Waals surface area (Å²) in [6, 6.07) is 11.3. The Labute approximate surface area is 203 Å². The highest BCUT2D eigenvalue weighted by Crippen LogP contribution is 2.43. The Hall–Kier alpha value is -3.25. The van der Waals surface area contributed by atoms with Crippen molar-refractivity contribution in [1.29, 1.82) is 0 Å². The molecule has 0 spiro atoms. The maximum absolute atomic E-state index is 13.8. The molecule has 0 bridgehead atoms. The quantitative estimate of drug-likeness (QED) is 0.333. The summed E-state index contributed by atoms with van der Waals surface area (Å²) in [7, 11) is 0. The Morgan fingerprint density at radius 3 is 2.21 bits per heavy atom. The van der Waals surface area contributed by atoms with E-state index in [0.29, 0.717) is 21.7 Å². The van der Waals surface area contributed by atoms with Crippen LogP contribution in [0, 0.1) is 27.7 Å². The highest BCUT2D eigenvalue weighted by Gasteiger charge is 2.45. The molecule has 0 N–H and O–H groups in total. The first kappa shape index (κ1) is 22.5. The summed E-state index contributed by atoms with van der Waals surface area (Å²) in [5, 5.41) is 1.08. The third kappa shape index (κ3) is 3.40. The van der Waals surface area contributed by atoms with Crippen LogP contribution in [-0.2, 0) is 5.41 Å². The number of rotatable bonds is 2. The van der Waals surface area contributed by atoms with E-state index in [0.717, 1.165) is 27.3 Å². The van der Waals surface area contributed by atoms with Gasteiger partial charge in [0.25, 0.3) is 5.91 Å². The van der Waals surface area contributed by atoms with Gasteiger partial charge in [-0.3, -0.25) is 14.5 Å². The summed E-state index contributed by atoms with van der Waals surface area (Å²) in [6.45, 7) is 14.3. The highest BCUT2D eigenvalue weighted by molar-refractivity contribution is 7.15. The van der Waals surface area contributed by atoms with Gasteiger partial charge in [-0.2, -0.15) is 0 Å². The zero-order valence-corrected chi connectivity index (χ0v) is 21.4. The molecule has 2 aromatic carbocycles. The summed E-state index contributed by atoms with van der Waals surface area (Å²) in [6.07, 6.45) is 0. The second kappa shape index (κ2) is 7.64. The number of aromatic nitrogens is 1. The number of amides is 1. The highest BCUT2D eigenvalue weighted by atomic mass is 32.1. The fourth-order valence-corrected chi connectivity index (χ4v) is 5.40. The van der Waals surface area contributed by atoms with E-state index in [9.17, 15) is 9.59 Å². The summed E-state index contributed by atoms with van der Waals surface area (Å²) >= 11 is 1.46. The standard InChI is InChI=1S/C28H28N2O3S/c1-14-12-20-21(13-15(14)2)33-25-22(24(20)31)23(18-8-10-19(11-9-18)28(5,6)7)30(26(25)32)27-29-16(3)17(4)34-27/h8-13,23H,1-7H3. The van der Waals surface area contributed by atoms with Crippen molar-refractivity contribution in [3.8, 4) is 0 Å². The zero-order valence-electron chi connectivity index (χ0n) is 20.6. The Morgan fingerprint density at radius 2 is 1.62 bits per heavy atom. The maximum atomic E-state index is 13.8. The van der Waals surface area contributed by atoms with Gasteiger partial charge < -0.3 is 4.42 Å².